The Balaban J connectivity index is 2.92. The summed E-state index contributed by atoms with van der Waals surface area (Å²) in [5, 5.41) is 0. The van der Waals surface area contributed by atoms with Crippen LogP contribution in [-0.2, 0) is 6.42 Å². The van der Waals surface area contributed by atoms with Crippen LogP contribution in [-0.4, -0.2) is 6.04 Å². The second-order valence-corrected chi connectivity index (χ2v) is 3.21. The first-order valence-electron chi connectivity index (χ1n) is 4.11. The molecular formula is C10H14FN. The molecule has 1 atom stereocenters. The van der Waals surface area contributed by atoms with Gasteiger partial charge in [0, 0.05) is 6.04 Å². The van der Waals surface area contributed by atoms with E-state index >= 15 is 0 Å². The predicted molar refractivity (Wildman–Crippen MR) is 48.5 cm³/mol. The van der Waals surface area contributed by atoms with Gasteiger partial charge in [-0.05, 0) is 37.5 Å². The molecule has 0 saturated carbocycles. The molecule has 0 unspecified atom stereocenters. The lowest BCUT2D eigenvalue weighted by Gasteiger charge is -2.08. The monoisotopic (exact) mass is 167 g/mol. The lowest BCUT2D eigenvalue weighted by Crippen LogP contribution is -2.18. The standard InChI is InChI=1S/C10H14FN/c1-7(12)6-9-4-3-5-10(11)8(9)2/h3-5,7H,6,12H2,1-2H3/t7-/m1/s1. The fourth-order valence-electron chi connectivity index (χ4n) is 1.22. The fraction of sp³-hybridized carbons (Fsp3) is 0.400. The molecule has 0 aliphatic heterocycles. The number of benzene rings is 1. The van der Waals surface area contributed by atoms with Gasteiger partial charge in [-0.15, -0.1) is 0 Å². The van der Waals surface area contributed by atoms with Gasteiger partial charge in [0.15, 0.2) is 0 Å². The van der Waals surface area contributed by atoms with E-state index in [2.05, 4.69) is 0 Å². The van der Waals surface area contributed by atoms with E-state index < -0.39 is 0 Å². The van der Waals surface area contributed by atoms with Gasteiger partial charge in [0.2, 0.25) is 0 Å². The van der Waals surface area contributed by atoms with Crippen LogP contribution in [0.3, 0.4) is 0 Å². The van der Waals surface area contributed by atoms with E-state index in [1.807, 2.05) is 13.0 Å². The highest BCUT2D eigenvalue weighted by Gasteiger charge is 2.04. The predicted octanol–water partition coefficient (Wildman–Crippen LogP) is 2.02. The Kier molecular flexibility index (Phi) is 2.82. The van der Waals surface area contributed by atoms with Gasteiger partial charge in [0.1, 0.15) is 5.82 Å². The minimum atomic E-state index is -0.145. The van der Waals surface area contributed by atoms with E-state index in [1.165, 1.54) is 6.07 Å². The quantitative estimate of drug-likeness (QED) is 0.716. The van der Waals surface area contributed by atoms with Crippen molar-refractivity contribution in [3.05, 3.63) is 35.1 Å². The normalized spacial score (nSPS) is 13.0. The Bertz CT molecular complexity index is 269. The molecule has 2 heteroatoms. The van der Waals surface area contributed by atoms with E-state index in [0.717, 1.165) is 17.5 Å². The lowest BCUT2D eigenvalue weighted by molar-refractivity contribution is 0.612. The summed E-state index contributed by atoms with van der Waals surface area (Å²) < 4.78 is 13.0. The molecule has 0 aliphatic rings. The maximum Gasteiger partial charge on any atom is 0.126 e. The van der Waals surface area contributed by atoms with Gasteiger partial charge in [-0.25, -0.2) is 4.39 Å². The number of nitrogens with two attached hydrogens (primary N) is 1. The summed E-state index contributed by atoms with van der Waals surface area (Å²) in [5.41, 5.74) is 7.34. The highest BCUT2D eigenvalue weighted by atomic mass is 19.1. The highest BCUT2D eigenvalue weighted by Crippen LogP contribution is 2.13. The van der Waals surface area contributed by atoms with Crippen molar-refractivity contribution in [3.8, 4) is 0 Å². The summed E-state index contributed by atoms with van der Waals surface area (Å²) in [6.45, 7) is 3.71. The van der Waals surface area contributed by atoms with Gasteiger partial charge >= 0.3 is 0 Å². The average Bonchev–Trinajstić information content (AvgIpc) is 1.98. The topological polar surface area (TPSA) is 26.0 Å². The van der Waals surface area contributed by atoms with Gasteiger partial charge in [0.05, 0.1) is 0 Å². The molecule has 0 bridgehead atoms. The van der Waals surface area contributed by atoms with Crippen LogP contribution in [0.15, 0.2) is 18.2 Å². The summed E-state index contributed by atoms with van der Waals surface area (Å²) in [4.78, 5) is 0. The summed E-state index contributed by atoms with van der Waals surface area (Å²) >= 11 is 0. The van der Waals surface area contributed by atoms with Crippen LogP contribution in [0.5, 0.6) is 0 Å². The summed E-state index contributed by atoms with van der Waals surface area (Å²) in [6, 6.07) is 5.20. The molecule has 1 rings (SSSR count). The zero-order chi connectivity index (χ0) is 9.14. The van der Waals surface area contributed by atoms with Crippen LogP contribution in [0.25, 0.3) is 0 Å². The van der Waals surface area contributed by atoms with E-state index in [-0.39, 0.29) is 11.9 Å². The smallest absolute Gasteiger partial charge is 0.126 e. The van der Waals surface area contributed by atoms with Crippen molar-refractivity contribution < 1.29 is 4.39 Å². The molecule has 1 aromatic carbocycles. The molecule has 12 heavy (non-hydrogen) atoms. The van der Waals surface area contributed by atoms with Crippen LogP contribution >= 0.6 is 0 Å². The van der Waals surface area contributed by atoms with Crippen LogP contribution in [0.4, 0.5) is 4.39 Å². The molecule has 66 valence electrons. The van der Waals surface area contributed by atoms with Crippen molar-refractivity contribution in [1.82, 2.24) is 0 Å². The largest absolute Gasteiger partial charge is 0.328 e. The average molecular weight is 167 g/mol. The molecule has 2 N–H and O–H groups in total. The second-order valence-electron chi connectivity index (χ2n) is 3.21. The van der Waals surface area contributed by atoms with Gasteiger partial charge in [-0.1, -0.05) is 12.1 Å². The molecule has 1 nitrogen and oxygen atoms in total. The Morgan fingerprint density at radius 2 is 2.17 bits per heavy atom. The maximum absolute atomic E-state index is 13.0. The van der Waals surface area contributed by atoms with Crippen molar-refractivity contribution in [1.29, 1.82) is 0 Å². The maximum atomic E-state index is 13.0. The third-order valence-corrected chi connectivity index (χ3v) is 1.92. The molecule has 0 fully saturated rings. The first kappa shape index (κ1) is 9.20. The highest BCUT2D eigenvalue weighted by molar-refractivity contribution is 5.27. The third kappa shape index (κ3) is 2.05. The number of halogens is 1. The van der Waals surface area contributed by atoms with Crippen LogP contribution in [0, 0.1) is 12.7 Å². The molecule has 0 aliphatic carbocycles. The number of hydrogen-bond donors (Lipinski definition) is 1. The molecule has 0 radical (unpaired) electrons. The van der Waals surface area contributed by atoms with E-state index in [0.29, 0.717) is 0 Å². The Hall–Kier alpha value is -0.890. The van der Waals surface area contributed by atoms with Crippen LogP contribution in [0.1, 0.15) is 18.1 Å². The molecule has 1 aromatic rings. The molecule has 0 aromatic heterocycles. The number of rotatable bonds is 2. The van der Waals surface area contributed by atoms with Gasteiger partial charge < -0.3 is 5.73 Å². The zero-order valence-corrected chi connectivity index (χ0v) is 7.47. The van der Waals surface area contributed by atoms with Gasteiger partial charge in [0.25, 0.3) is 0 Å². The molecular weight excluding hydrogens is 153 g/mol. The minimum Gasteiger partial charge on any atom is -0.328 e. The third-order valence-electron chi connectivity index (χ3n) is 1.92. The van der Waals surface area contributed by atoms with Crippen molar-refractivity contribution in [2.24, 2.45) is 5.73 Å². The van der Waals surface area contributed by atoms with Gasteiger partial charge in [-0.3, -0.25) is 0 Å². The van der Waals surface area contributed by atoms with Crippen molar-refractivity contribution in [3.63, 3.8) is 0 Å². The summed E-state index contributed by atoms with van der Waals surface area (Å²) in [7, 11) is 0. The van der Waals surface area contributed by atoms with Crippen molar-refractivity contribution in [2.45, 2.75) is 26.3 Å². The van der Waals surface area contributed by atoms with Crippen molar-refractivity contribution >= 4 is 0 Å². The molecule has 0 saturated heterocycles. The van der Waals surface area contributed by atoms with Crippen LogP contribution in [0.2, 0.25) is 0 Å². The fourth-order valence-corrected chi connectivity index (χ4v) is 1.22. The first-order chi connectivity index (χ1) is 5.61. The Labute approximate surface area is 72.4 Å². The number of hydrogen-bond acceptors (Lipinski definition) is 1. The summed E-state index contributed by atoms with van der Waals surface area (Å²) in [6.07, 6.45) is 0.740. The Morgan fingerprint density at radius 1 is 1.50 bits per heavy atom. The second kappa shape index (κ2) is 3.68. The van der Waals surface area contributed by atoms with E-state index in [4.69, 9.17) is 5.73 Å². The SMILES string of the molecule is Cc1c(F)cccc1C[C@@H](C)N. The molecule has 0 amide bonds. The molecule has 0 spiro atoms. The molecule has 0 heterocycles. The zero-order valence-electron chi connectivity index (χ0n) is 7.47. The van der Waals surface area contributed by atoms with E-state index in [9.17, 15) is 4.39 Å². The van der Waals surface area contributed by atoms with Crippen molar-refractivity contribution in [2.75, 3.05) is 0 Å². The van der Waals surface area contributed by atoms with Crippen LogP contribution < -0.4 is 5.73 Å². The van der Waals surface area contributed by atoms with E-state index in [1.54, 1.807) is 13.0 Å². The minimum absolute atomic E-state index is 0.0884. The Morgan fingerprint density at radius 3 is 2.75 bits per heavy atom. The first-order valence-corrected chi connectivity index (χ1v) is 4.11. The summed E-state index contributed by atoms with van der Waals surface area (Å²) in [5.74, 6) is -0.145. The van der Waals surface area contributed by atoms with Gasteiger partial charge in [-0.2, -0.15) is 0 Å². The lowest BCUT2D eigenvalue weighted by atomic mass is 10.0.